The number of rotatable bonds is 4. The van der Waals surface area contributed by atoms with Crippen LogP contribution >= 0.6 is 0 Å². The predicted octanol–water partition coefficient (Wildman–Crippen LogP) is 3.14. The van der Waals surface area contributed by atoms with Crippen molar-refractivity contribution in [1.82, 2.24) is 14.8 Å². The summed E-state index contributed by atoms with van der Waals surface area (Å²) in [6, 6.07) is 3.89. The summed E-state index contributed by atoms with van der Waals surface area (Å²) in [4.78, 5) is 20.8. The summed E-state index contributed by atoms with van der Waals surface area (Å²) >= 11 is 0. The average Bonchev–Trinajstić information content (AvgIpc) is 2.74. The van der Waals surface area contributed by atoms with Gasteiger partial charge in [0.15, 0.2) is 5.60 Å². The van der Waals surface area contributed by atoms with E-state index in [1.54, 1.807) is 18.0 Å². The van der Waals surface area contributed by atoms with E-state index in [-0.39, 0.29) is 6.09 Å². The fourth-order valence-corrected chi connectivity index (χ4v) is 3.28. The normalized spacial score (nSPS) is 18.5. The van der Waals surface area contributed by atoms with E-state index in [4.69, 9.17) is 11.2 Å². The van der Waals surface area contributed by atoms with Crippen LogP contribution in [-0.2, 0) is 4.74 Å². The maximum atomic E-state index is 12.5. The van der Waals surface area contributed by atoms with Crippen molar-refractivity contribution in [1.29, 1.82) is 0 Å². The molecule has 1 atom stereocenters. The lowest BCUT2D eigenvalue weighted by Crippen LogP contribution is -2.50. The number of aryl methyl sites for hydroxylation is 1. The van der Waals surface area contributed by atoms with Crippen molar-refractivity contribution in [2.45, 2.75) is 39.7 Å². The highest BCUT2D eigenvalue weighted by Gasteiger charge is 2.30. The Labute approximate surface area is 172 Å². The molecule has 1 fully saturated rings. The average molecular weight is 393 g/mol. The third kappa shape index (κ3) is 4.28. The zero-order chi connectivity index (χ0) is 21.0. The van der Waals surface area contributed by atoms with Gasteiger partial charge in [-0.15, -0.1) is 11.5 Å². The second-order valence-electron chi connectivity index (χ2n) is 7.33. The molecule has 1 aromatic heterocycles. The van der Waals surface area contributed by atoms with Crippen molar-refractivity contribution in [3.8, 4) is 12.3 Å². The Morgan fingerprint density at radius 2 is 2.07 bits per heavy atom. The topological polar surface area (TPSA) is 61.3 Å². The summed E-state index contributed by atoms with van der Waals surface area (Å²) < 4.78 is 5.54. The molecule has 1 aromatic rings. The molecule has 0 N–H and O–H groups in total. The fourth-order valence-electron chi connectivity index (χ4n) is 3.28. The predicted molar refractivity (Wildman–Crippen MR) is 113 cm³/mol. The first-order valence-electron chi connectivity index (χ1n) is 9.81. The molecule has 2 aliphatic rings. The van der Waals surface area contributed by atoms with Gasteiger partial charge >= 0.3 is 6.09 Å². The van der Waals surface area contributed by atoms with Gasteiger partial charge in [-0.3, -0.25) is 4.98 Å². The van der Waals surface area contributed by atoms with Gasteiger partial charge in [-0.1, -0.05) is 12.8 Å². The van der Waals surface area contributed by atoms with Crippen LogP contribution in [0.1, 0.15) is 32.9 Å². The van der Waals surface area contributed by atoms with Crippen LogP contribution in [0.25, 0.3) is 0 Å². The van der Waals surface area contributed by atoms with Crippen LogP contribution in [-0.4, -0.2) is 58.5 Å². The molecule has 1 amide bonds. The van der Waals surface area contributed by atoms with Gasteiger partial charge in [-0.2, -0.15) is 0 Å². The molecule has 0 aliphatic carbocycles. The van der Waals surface area contributed by atoms with Crippen LogP contribution in [0, 0.1) is 19.3 Å². The van der Waals surface area contributed by atoms with Gasteiger partial charge in [-0.25, -0.2) is 9.80 Å². The number of anilines is 1. The number of piperazine rings is 1. The third-order valence-electron chi connectivity index (χ3n) is 5.43. The van der Waals surface area contributed by atoms with Gasteiger partial charge in [0.1, 0.15) is 0 Å². The molecule has 0 aromatic carbocycles. The quantitative estimate of drug-likeness (QED) is 0.736. The third-order valence-corrected chi connectivity index (χ3v) is 5.43. The first-order valence-corrected chi connectivity index (χ1v) is 9.81. The molecule has 0 spiro atoms. The first kappa shape index (κ1) is 20.5. The highest BCUT2D eigenvalue weighted by atomic mass is 16.6. The van der Waals surface area contributed by atoms with Gasteiger partial charge in [0.05, 0.1) is 22.8 Å². The van der Waals surface area contributed by atoms with Gasteiger partial charge in [0.2, 0.25) is 0 Å². The van der Waals surface area contributed by atoms with E-state index in [0.29, 0.717) is 32.6 Å². The minimum Gasteiger partial charge on any atom is -0.430 e. The molecule has 152 valence electrons. The number of allylic oxidation sites excluding steroid dienone is 2. The lowest BCUT2D eigenvalue weighted by molar-refractivity contribution is 0.0256. The molecule has 0 bridgehead atoms. The SMILES string of the molecule is C#CC(C)(CC)OC(=O)N1CCN(C2=C(C)N(c3cccnc3C)N=C=C2)CC1. The van der Waals surface area contributed by atoms with Crippen molar-refractivity contribution in [3.05, 3.63) is 41.5 Å². The molecule has 0 saturated carbocycles. The molecule has 7 heteroatoms. The van der Waals surface area contributed by atoms with Crippen LogP contribution in [0.3, 0.4) is 0 Å². The standard InChI is InChI=1S/C22H27N5O2/c1-6-22(5,7-2)29-21(28)26-15-13-25(14-16-26)20-10-12-24-27(18(20)4)19-9-8-11-23-17(19)3/h1,8-11H,7,13-16H2,2-5H3. The number of hydrazone groups is 1. The minimum absolute atomic E-state index is 0.356. The van der Waals surface area contributed by atoms with Crippen LogP contribution in [0.2, 0.25) is 0 Å². The number of pyridine rings is 1. The zero-order valence-corrected chi connectivity index (χ0v) is 17.5. The summed E-state index contributed by atoms with van der Waals surface area (Å²) in [6.45, 7) is 10.2. The van der Waals surface area contributed by atoms with Crippen molar-refractivity contribution >= 4 is 17.7 Å². The second-order valence-corrected chi connectivity index (χ2v) is 7.33. The second kappa shape index (κ2) is 8.42. The molecule has 3 heterocycles. The van der Waals surface area contributed by atoms with Crippen LogP contribution in [0.4, 0.5) is 10.5 Å². The highest BCUT2D eigenvalue weighted by Crippen LogP contribution is 2.27. The molecule has 1 saturated heterocycles. The van der Waals surface area contributed by atoms with Crippen molar-refractivity contribution in [2.75, 3.05) is 31.2 Å². The molecule has 7 nitrogen and oxygen atoms in total. The van der Waals surface area contributed by atoms with E-state index >= 15 is 0 Å². The molecular weight excluding hydrogens is 366 g/mol. The molecule has 3 rings (SSSR count). The lowest BCUT2D eigenvalue weighted by Gasteiger charge is -2.38. The van der Waals surface area contributed by atoms with Gasteiger partial charge in [0, 0.05) is 44.3 Å². The number of hydrogen-bond acceptors (Lipinski definition) is 6. The van der Waals surface area contributed by atoms with E-state index in [1.165, 1.54) is 0 Å². The van der Waals surface area contributed by atoms with Crippen molar-refractivity contribution in [3.63, 3.8) is 0 Å². The Balaban J connectivity index is 1.69. The Bertz CT molecular complexity index is 917. The summed E-state index contributed by atoms with van der Waals surface area (Å²) in [6.07, 6.45) is 9.39. The number of terminal acetylenes is 1. The van der Waals surface area contributed by atoms with E-state index in [0.717, 1.165) is 22.8 Å². The van der Waals surface area contributed by atoms with Crippen molar-refractivity contribution in [2.24, 2.45) is 5.10 Å². The molecular formula is C22H27N5O2. The molecule has 2 aliphatic heterocycles. The lowest BCUT2D eigenvalue weighted by atomic mass is 10.1. The van der Waals surface area contributed by atoms with E-state index in [2.05, 4.69) is 26.8 Å². The number of hydrogen-bond donors (Lipinski definition) is 0. The van der Waals surface area contributed by atoms with Crippen LogP contribution in [0.15, 0.2) is 40.9 Å². The Morgan fingerprint density at radius 3 is 2.69 bits per heavy atom. The maximum Gasteiger partial charge on any atom is 0.411 e. The number of carbonyl (C=O) groups excluding carboxylic acids is 1. The zero-order valence-electron chi connectivity index (χ0n) is 17.5. The van der Waals surface area contributed by atoms with Gasteiger partial charge in [0.25, 0.3) is 0 Å². The summed E-state index contributed by atoms with van der Waals surface area (Å²) in [5, 5.41) is 6.25. The number of amides is 1. The molecule has 0 radical (unpaired) electrons. The smallest absolute Gasteiger partial charge is 0.411 e. The van der Waals surface area contributed by atoms with Crippen LogP contribution < -0.4 is 5.01 Å². The van der Waals surface area contributed by atoms with E-state index < -0.39 is 5.60 Å². The molecule has 1 unspecified atom stereocenters. The Hall–Kier alpha value is -3.23. The summed E-state index contributed by atoms with van der Waals surface area (Å²) in [7, 11) is 0. The molecule has 29 heavy (non-hydrogen) atoms. The van der Waals surface area contributed by atoms with Crippen molar-refractivity contribution < 1.29 is 9.53 Å². The monoisotopic (exact) mass is 393 g/mol. The fraction of sp³-hybridized carbons (Fsp3) is 0.455. The largest absolute Gasteiger partial charge is 0.430 e. The number of aromatic nitrogens is 1. The number of carbonyl (C=O) groups is 1. The summed E-state index contributed by atoms with van der Waals surface area (Å²) in [5.41, 5.74) is 3.01. The first-order chi connectivity index (χ1) is 13.9. The highest BCUT2D eigenvalue weighted by molar-refractivity contribution is 5.69. The minimum atomic E-state index is -0.863. The van der Waals surface area contributed by atoms with Gasteiger partial charge in [-0.05, 0) is 39.3 Å². The number of ether oxygens (including phenoxy) is 1. The summed E-state index contributed by atoms with van der Waals surface area (Å²) in [5.74, 6) is 5.56. The van der Waals surface area contributed by atoms with Gasteiger partial charge < -0.3 is 14.5 Å². The Kier molecular flexibility index (Phi) is 5.95. The van der Waals surface area contributed by atoms with E-state index in [1.807, 2.05) is 44.0 Å². The number of nitrogens with zero attached hydrogens (tertiary/aromatic N) is 5. The maximum absolute atomic E-state index is 12.5. The Morgan fingerprint density at radius 1 is 1.34 bits per heavy atom. The van der Waals surface area contributed by atoms with E-state index in [9.17, 15) is 4.79 Å². The van der Waals surface area contributed by atoms with Crippen LogP contribution in [0.5, 0.6) is 0 Å².